The molecule has 0 radical (unpaired) electrons. The zero-order valence-electron chi connectivity index (χ0n) is 20.7. The molecule has 1 aliphatic carbocycles. The largest absolute Gasteiger partial charge is 0.380 e. The number of imidazole rings is 1. The number of nitrogens with one attached hydrogen (secondary N) is 1. The Labute approximate surface area is 210 Å². The molecule has 4 aromatic rings. The Morgan fingerprint density at radius 3 is 2.58 bits per heavy atom. The first-order valence-corrected chi connectivity index (χ1v) is 12.9. The van der Waals surface area contributed by atoms with Gasteiger partial charge in [-0.2, -0.15) is 0 Å². The summed E-state index contributed by atoms with van der Waals surface area (Å²) < 4.78 is 9.54. The van der Waals surface area contributed by atoms with Crippen LogP contribution in [0.3, 0.4) is 0 Å². The molecule has 1 saturated heterocycles. The molecule has 1 aliphatic heterocycles. The minimum Gasteiger partial charge on any atom is -0.380 e. The molecule has 0 bridgehead atoms. The fourth-order valence-electron chi connectivity index (χ4n) is 5.38. The number of nitrogens with zero attached hydrogens (tertiary/aromatic N) is 5. The Morgan fingerprint density at radius 1 is 1.06 bits per heavy atom. The highest BCUT2D eigenvalue weighted by Gasteiger charge is 2.21. The van der Waals surface area contributed by atoms with E-state index >= 15 is 0 Å². The van der Waals surface area contributed by atoms with Crippen LogP contribution >= 0.6 is 0 Å². The van der Waals surface area contributed by atoms with Crippen molar-refractivity contribution in [3.63, 3.8) is 0 Å². The molecule has 0 atom stereocenters. The van der Waals surface area contributed by atoms with Gasteiger partial charge in [-0.15, -0.1) is 0 Å². The normalized spacial score (nSPS) is 16.5. The van der Waals surface area contributed by atoms with E-state index in [1.807, 2.05) is 35.6 Å². The maximum absolute atomic E-state index is 13.6. The van der Waals surface area contributed by atoms with Crippen molar-refractivity contribution in [1.82, 2.24) is 24.0 Å². The van der Waals surface area contributed by atoms with Gasteiger partial charge in [0.05, 0.1) is 48.1 Å². The number of aromatic nitrogens is 4. The summed E-state index contributed by atoms with van der Waals surface area (Å²) in [7, 11) is 0. The number of rotatable bonds is 7. The molecule has 1 aromatic carbocycles. The van der Waals surface area contributed by atoms with Crippen LogP contribution in [-0.4, -0.2) is 62.9 Å². The molecule has 6 rings (SSSR count). The number of ether oxygens (including phenoxy) is 1. The van der Waals surface area contributed by atoms with Gasteiger partial charge in [0.15, 0.2) is 0 Å². The Morgan fingerprint density at radius 2 is 1.83 bits per heavy atom. The van der Waals surface area contributed by atoms with Gasteiger partial charge in [0, 0.05) is 51.2 Å². The van der Waals surface area contributed by atoms with Crippen LogP contribution in [0.1, 0.15) is 18.1 Å². The third kappa shape index (κ3) is 4.54. The quantitative estimate of drug-likeness (QED) is 0.434. The van der Waals surface area contributed by atoms with Crippen molar-refractivity contribution in [2.24, 2.45) is 0 Å². The molecule has 0 amide bonds. The van der Waals surface area contributed by atoms with Gasteiger partial charge >= 0.3 is 0 Å². The Balaban J connectivity index is 1.25. The van der Waals surface area contributed by atoms with Gasteiger partial charge in [0.1, 0.15) is 5.65 Å². The molecule has 0 saturated carbocycles. The van der Waals surface area contributed by atoms with E-state index in [9.17, 15) is 4.79 Å². The number of benzene rings is 1. The minimum atomic E-state index is -0.0287. The van der Waals surface area contributed by atoms with Crippen molar-refractivity contribution in [2.75, 3.05) is 38.2 Å². The number of hydrogen-bond donors (Lipinski definition) is 1. The second kappa shape index (κ2) is 9.87. The Kier molecular flexibility index (Phi) is 6.29. The summed E-state index contributed by atoms with van der Waals surface area (Å²) in [6, 6.07) is 10.8. The molecule has 0 unspecified atom stereocenters. The van der Waals surface area contributed by atoms with E-state index in [0.29, 0.717) is 28.3 Å². The van der Waals surface area contributed by atoms with Crippen molar-refractivity contribution in [3.8, 4) is 11.3 Å². The molecule has 36 heavy (non-hydrogen) atoms. The molecule has 186 valence electrons. The van der Waals surface area contributed by atoms with Crippen LogP contribution in [-0.2, 0) is 30.7 Å². The summed E-state index contributed by atoms with van der Waals surface area (Å²) in [6.45, 7) is 8.08. The number of morpholine rings is 1. The van der Waals surface area contributed by atoms with Gasteiger partial charge in [0.2, 0.25) is 5.43 Å². The van der Waals surface area contributed by atoms with Crippen molar-refractivity contribution in [3.05, 3.63) is 76.6 Å². The highest BCUT2D eigenvalue weighted by atomic mass is 16.5. The van der Waals surface area contributed by atoms with Crippen molar-refractivity contribution < 1.29 is 4.74 Å². The van der Waals surface area contributed by atoms with E-state index in [2.05, 4.69) is 55.9 Å². The summed E-state index contributed by atoms with van der Waals surface area (Å²) >= 11 is 0. The van der Waals surface area contributed by atoms with Gasteiger partial charge in [-0.1, -0.05) is 24.3 Å². The summed E-state index contributed by atoms with van der Waals surface area (Å²) in [5, 5.41) is 4.23. The van der Waals surface area contributed by atoms with E-state index in [4.69, 9.17) is 4.74 Å². The average Bonchev–Trinajstić information content (AvgIpc) is 3.55. The van der Waals surface area contributed by atoms with E-state index < -0.39 is 0 Å². The van der Waals surface area contributed by atoms with Crippen LogP contribution < -0.4 is 10.7 Å². The zero-order valence-corrected chi connectivity index (χ0v) is 20.7. The van der Waals surface area contributed by atoms with Crippen LogP contribution in [0.4, 0.5) is 5.69 Å². The van der Waals surface area contributed by atoms with Gasteiger partial charge in [-0.3, -0.25) is 9.69 Å². The summed E-state index contributed by atoms with van der Waals surface area (Å²) in [5.41, 5.74) is 5.66. The molecule has 3 aromatic heterocycles. The van der Waals surface area contributed by atoms with Gasteiger partial charge < -0.3 is 19.2 Å². The molecule has 8 heteroatoms. The van der Waals surface area contributed by atoms with Crippen LogP contribution in [0, 0.1) is 0 Å². The molecule has 0 spiro atoms. The number of hydrogen-bond acceptors (Lipinski definition) is 6. The van der Waals surface area contributed by atoms with Crippen LogP contribution in [0.5, 0.6) is 0 Å². The van der Waals surface area contributed by atoms with Crippen LogP contribution in [0.2, 0.25) is 0 Å². The lowest BCUT2D eigenvalue weighted by atomic mass is 10.1. The topological polar surface area (TPSA) is 77.2 Å². The second-order valence-corrected chi connectivity index (χ2v) is 9.72. The smallest absolute Gasteiger partial charge is 0.200 e. The Hall–Kier alpha value is -3.49. The van der Waals surface area contributed by atoms with Crippen LogP contribution in [0.25, 0.3) is 22.3 Å². The van der Waals surface area contributed by atoms with E-state index in [-0.39, 0.29) is 5.43 Å². The van der Waals surface area contributed by atoms with E-state index in [0.717, 1.165) is 64.5 Å². The highest BCUT2D eigenvalue weighted by molar-refractivity contribution is 5.83. The molecular weight excluding hydrogens is 452 g/mol. The van der Waals surface area contributed by atoms with Crippen molar-refractivity contribution >= 4 is 16.7 Å². The molecule has 2 aliphatic rings. The number of pyridine rings is 2. The standard InChI is InChI=1S/C28H32N6O2/c1-2-34-17-25(26-18-33(19-30-26)8-7-32-9-11-36-12-10-32)27(35)24-15-23(16-29-28(24)34)31-22-13-20-5-3-4-6-21(20)14-22/h3-6,15-19,22,31H,2,7-14H2,1H3. The predicted octanol–water partition coefficient (Wildman–Crippen LogP) is 3.19. The lowest BCUT2D eigenvalue weighted by Gasteiger charge is -2.26. The maximum Gasteiger partial charge on any atom is 0.200 e. The highest BCUT2D eigenvalue weighted by Crippen LogP contribution is 2.26. The molecule has 1 fully saturated rings. The first-order chi connectivity index (χ1) is 17.7. The maximum atomic E-state index is 13.6. The first kappa shape index (κ1) is 22.9. The number of aryl methyl sites for hydroxylation is 1. The molecular formula is C28H32N6O2. The van der Waals surface area contributed by atoms with Crippen molar-refractivity contribution in [2.45, 2.75) is 38.9 Å². The fourth-order valence-corrected chi connectivity index (χ4v) is 5.38. The Bertz CT molecular complexity index is 1410. The first-order valence-electron chi connectivity index (χ1n) is 12.9. The monoisotopic (exact) mass is 484 g/mol. The summed E-state index contributed by atoms with van der Waals surface area (Å²) in [6.07, 6.45) is 9.51. The average molecular weight is 485 g/mol. The SMILES string of the molecule is CCn1cc(-c2cn(CCN3CCOCC3)cn2)c(=O)c2cc(NC3Cc4ccccc4C3)cnc21. The third-order valence-electron chi connectivity index (χ3n) is 7.36. The lowest BCUT2D eigenvalue weighted by molar-refractivity contribution is 0.0364. The molecule has 1 N–H and O–H groups in total. The summed E-state index contributed by atoms with van der Waals surface area (Å²) in [4.78, 5) is 25.3. The molecule has 8 nitrogen and oxygen atoms in total. The summed E-state index contributed by atoms with van der Waals surface area (Å²) in [5.74, 6) is 0. The fraction of sp³-hybridized carbons (Fsp3) is 0.393. The van der Waals surface area contributed by atoms with Gasteiger partial charge in [0.25, 0.3) is 0 Å². The van der Waals surface area contributed by atoms with Crippen molar-refractivity contribution in [1.29, 1.82) is 0 Å². The van der Waals surface area contributed by atoms with Gasteiger partial charge in [-0.05, 0) is 37.0 Å². The number of anilines is 1. The van der Waals surface area contributed by atoms with E-state index in [1.54, 1.807) is 0 Å². The number of fused-ring (bicyclic) bond motifs is 2. The predicted molar refractivity (Wildman–Crippen MR) is 141 cm³/mol. The second-order valence-electron chi connectivity index (χ2n) is 9.72. The zero-order chi connectivity index (χ0) is 24.5. The molecule has 4 heterocycles. The third-order valence-corrected chi connectivity index (χ3v) is 7.36. The van der Waals surface area contributed by atoms with E-state index in [1.165, 1.54) is 11.1 Å². The van der Waals surface area contributed by atoms with Gasteiger partial charge in [-0.25, -0.2) is 9.97 Å². The lowest BCUT2D eigenvalue weighted by Crippen LogP contribution is -2.38. The minimum absolute atomic E-state index is 0.0287. The van der Waals surface area contributed by atoms with Crippen LogP contribution in [0.15, 0.2) is 60.0 Å².